The van der Waals surface area contributed by atoms with E-state index in [1.165, 1.54) is 4.74 Å². The number of hydrogen-bond donors (Lipinski definition) is 0. The topological polar surface area (TPSA) is 44.8 Å². The largest absolute Gasteiger partial charge is 0.462 e. The maximum absolute atomic E-state index is 14.2. The molecule has 1 aliphatic carbocycles. The first-order valence-electron chi connectivity index (χ1n) is 8.49. The summed E-state index contributed by atoms with van der Waals surface area (Å²) in [5, 5.41) is 0. The van der Waals surface area contributed by atoms with Crippen molar-refractivity contribution < 1.29 is 93.6 Å². The molecule has 0 aromatic carbocycles. The second-order valence-electron chi connectivity index (χ2n) is 6.81. The van der Waals surface area contributed by atoms with Crippen LogP contribution in [0.5, 0.6) is 0 Å². The van der Waals surface area contributed by atoms with E-state index in [2.05, 4.69) is 4.74 Å². The Morgan fingerprint density at radius 3 is 1.34 bits per heavy atom. The Morgan fingerprint density at radius 1 is 0.571 bits per heavy atom. The molecule has 0 aromatic heterocycles. The zero-order chi connectivity index (χ0) is 28.1. The zero-order valence-electron chi connectivity index (χ0n) is 16.0. The van der Waals surface area contributed by atoms with Gasteiger partial charge in [0.25, 0.3) is 0 Å². The van der Waals surface area contributed by atoms with E-state index < -0.39 is 60.5 Å². The highest BCUT2D eigenvalue weighted by atomic mass is 19.4. The lowest BCUT2D eigenvalue weighted by Gasteiger charge is -2.40. The normalized spacial score (nSPS) is 20.9. The van der Waals surface area contributed by atoms with Crippen molar-refractivity contribution in [2.75, 3.05) is 0 Å². The van der Waals surface area contributed by atoms with E-state index in [1.54, 1.807) is 0 Å². The average molecular weight is 564 g/mol. The monoisotopic (exact) mass is 564 g/mol. The Morgan fingerprint density at radius 2 is 1.00 bits per heavy atom. The van der Waals surface area contributed by atoms with Crippen molar-refractivity contribution in [1.82, 2.24) is 0 Å². The van der Waals surface area contributed by atoms with Gasteiger partial charge in [-0.25, -0.2) is 4.79 Å². The quantitative estimate of drug-likeness (QED) is 0.255. The number of carbonyl (C=O) groups excluding carboxylic acids is 1. The summed E-state index contributed by atoms with van der Waals surface area (Å²) in [5.41, 5.74) is 0. The van der Waals surface area contributed by atoms with Gasteiger partial charge < -0.3 is 4.74 Å². The van der Waals surface area contributed by atoms with Crippen molar-refractivity contribution in [2.45, 2.75) is 80.2 Å². The molecule has 0 heterocycles. The van der Waals surface area contributed by atoms with Crippen LogP contribution in [0.25, 0.3) is 0 Å². The summed E-state index contributed by atoms with van der Waals surface area (Å²) in [6, 6.07) is 0. The molecule has 0 N–H and O–H groups in total. The molecular weight excluding hydrogens is 555 g/mol. The molecular formula is C14H9F17O4. The average Bonchev–Trinajstić information content (AvgIpc) is 3.10. The van der Waals surface area contributed by atoms with E-state index in [9.17, 15) is 79.4 Å². The van der Waals surface area contributed by atoms with Gasteiger partial charge in [-0.05, 0) is 25.7 Å². The van der Waals surface area contributed by atoms with Crippen molar-refractivity contribution in [2.24, 2.45) is 0 Å². The molecule has 0 bridgehead atoms. The summed E-state index contributed by atoms with van der Waals surface area (Å²) < 4.78 is 228. The van der Waals surface area contributed by atoms with E-state index in [4.69, 9.17) is 0 Å². The SMILES string of the molecule is O=C(OC1CCCC1)[C@](F)(OC(F)(F)[C@](F)(OC(F)(F)C(F)(F)C(F)(F)F)C(F)(F)F)C(F)(F)F. The molecule has 1 fully saturated rings. The highest BCUT2D eigenvalue weighted by Gasteiger charge is 2.85. The predicted molar refractivity (Wildman–Crippen MR) is 71.2 cm³/mol. The van der Waals surface area contributed by atoms with Crippen LogP contribution in [0.3, 0.4) is 0 Å². The Bertz CT molecular complexity index is 766. The van der Waals surface area contributed by atoms with Gasteiger partial charge in [0.2, 0.25) is 0 Å². The summed E-state index contributed by atoms with van der Waals surface area (Å²) >= 11 is 0. The van der Waals surface area contributed by atoms with Gasteiger partial charge in [0.15, 0.2) is 0 Å². The highest BCUT2D eigenvalue weighted by Crippen LogP contribution is 2.56. The fourth-order valence-corrected chi connectivity index (χ4v) is 2.38. The third-order valence-corrected chi connectivity index (χ3v) is 4.20. The van der Waals surface area contributed by atoms with Crippen molar-refractivity contribution in [1.29, 1.82) is 0 Å². The zero-order valence-corrected chi connectivity index (χ0v) is 16.0. The van der Waals surface area contributed by atoms with Gasteiger partial charge >= 0.3 is 54.3 Å². The first-order valence-corrected chi connectivity index (χ1v) is 8.49. The molecule has 0 aliphatic heterocycles. The van der Waals surface area contributed by atoms with Gasteiger partial charge in [0.05, 0.1) is 0 Å². The smallest absolute Gasteiger partial charge is 0.458 e. The first kappa shape index (κ1) is 31.2. The summed E-state index contributed by atoms with van der Waals surface area (Å²) in [7, 11) is 0. The van der Waals surface area contributed by atoms with Crippen LogP contribution in [0.15, 0.2) is 0 Å². The third-order valence-electron chi connectivity index (χ3n) is 4.20. The molecule has 1 aliphatic rings. The second-order valence-corrected chi connectivity index (χ2v) is 6.81. The molecule has 0 unspecified atom stereocenters. The van der Waals surface area contributed by atoms with Crippen LogP contribution < -0.4 is 0 Å². The molecule has 35 heavy (non-hydrogen) atoms. The minimum atomic E-state index is -8.03. The first-order chi connectivity index (χ1) is 15.2. The lowest BCUT2D eigenvalue weighted by atomic mass is 10.2. The van der Waals surface area contributed by atoms with Crippen molar-refractivity contribution in [3.63, 3.8) is 0 Å². The van der Waals surface area contributed by atoms with Crippen LogP contribution in [-0.4, -0.2) is 60.5 Å². The highest BCUT2D eigenvalue weighted by molar-refractivity contribution is 5.79. The van der Waals surface area contributed by atoms with Gasteiger partial charge in [-0.2, -0.15) is 74.6 Å². The Hall–Kier alpha value is -1.80. The number of halogens is 17. The fourth-order valence-electron chi connectivity index (χ4n) is 2.38. The maximum atomic E-state index is 14.2. The van der Waals surface area contributed by atoms with E-state index in [1.807, 2.05) is 4.74 Å². The van der Waals surface area contributed by atoms with Crippen LogP contribution in [0, 0.1) is 0 Å². The Balaban J connectivity index is 3.54. The second kappa shape index (κ2) is 8.94. The van der Waals surface area contributed by atoms with Crippen molar-refractivity contribution >= 4 is 5.97 Å². The molecule has 0 aromatic rings. The fraction of sp³-hybridized carbons (Fsp3) is 0.929. The molecule has 1 saturated carbocycles. The molecule has 0 amide bonds. The molecule has 208 valence electrons. The number of ether oxygens (including phenoxy) is 3. The Labute approximate surface area is 181 Å². The summed E-state index contributed by atoms with van der Waals surface area (Å²) in [6.45, 7) is 0. The lowest BCUT2D eigenvalue weighted by molar-refractivity contribution is -0.548. The summed E-state index contributed by atoms with van der Waals surface area (Å²) in [5.74, 6) is -26.3. The number of carbonyl (C=O) groups is 1. The molecule has 4 nitrogen and oxygen atoms in total. The van der Waals surface area contributed by atoms with Gasteiger partial charge in [-0.1, -0.05) is 0 Å². The van der Waals surface area contributed by atoms with E-state index in [-0.39, 0.29) is 25.7 Å². The minimum Gasteiger partial charge on any atom is -0.458 e. The van der Waals surface area contributed by atoms with Gasteiger partial charge in [0, 0.05) is 0 Å². The van der Waals surface area contributed by atoms with Crippen molar-refractivity contribution in [3.05, 3.63) is 0 Å². The molecule has 21 heteroatoms. The van der Waals surface area contributed by atoms with Crippen LogP contribution in [0.4, 0.5) is 74.6 Å². The molecule has 2 atom stereocenters. The Kier molecular flexibility index (Phi) is 7.98. The third kappa shape index (κ3) is 5.63. The van der Waals surface area contributed by atoms with E-state index in [0.29, 0.717) is 0 Å². The minimum absolute atomic E-state index is 0.109. The summed E-state index contributed by atoms with van der Waals surface area (Å²) in [4.78, 5) is 11.5. The number of alkyl halides is 17. The van der Waals surface area contributed by atoms with Crippen LogP contribution >= 0.6 is 0 Å². The number of hydrogen-bond acceptors (Lipinski definition) is 4. The molecule has 0 saturated heterocycles. The number of rotatable bonds is 8. The molecule has 0 spiro atoms. The van der Waals surface area contributed by atoms with E-state index in [0.717, 1.165) is 0 Å². The maximum Gasteiger partial charge on any atom is 0.462 e. The van der Waals surface area contributed by atoms with Crippen molar-refractivity contribution in [3.8, 4) is 0 Å². The van der Waals surface area contributed by atoms with Gasteiger partial charge in [-0.15, -0.1) is 0 Å². The standard InChI is InChI=1S/C14H9F17O4/c15-7(10(19,20)21,6(32)33-5-3-1-2-4-5)34-14(30,31)9(18,12(25,26)27)35-13(28,29)8(16,17)11(22,23)24/h5H,1-4H2/t7-,9+/m0/s1. The molecule has 1 rings (SSSR count). The summed E-state index contributed by atoms with van der Waals surface area (Å²) in [6.07, 6.45) is -40.6. The van der Waals surface area contributed by atoms with Crippen LogP contribution in [0.2, 0.25) is 0 Å². The van der Waals surface area contributed by atoms with Gasteiger partial charge in [-0.3, -0.25) is 9.47 Å². The number of esters is 1. The predicted octanol–water partition coefficient (Wildman–Crippen LogP) is 6.34. The van der Waals surface area contributed by atoms with Crippen LogP contribution in [0.1, 0.15) is 25.7 Å². The van der Waals surface area contributed by atoms with Crippen LogP contribution in [-0.2, 0) is 19.0 Å². The van der Waals surface area contributed by atoms with E-state index >= 15 is 0 Å². The molecule has 0 radical (unpaired) electrons. The lowest BCUT2D eigenvalue weighted by Crippen LogP contribution is -2.68. The van der Waals surface area contributed by atoms with Gasteiger partial charge in [0.1, 0.15) is 6.10 Å².